The number of furan rings is 1. The summed E-state index contributed by atoms with van der Waals surface area (Å²) >= 11 is 1.54. The molecule has 262 valence electrons. The van der Waals surface area contributed by atoms with Crippen LogP contribution in [0, 0.1) is 0 Å². The summed E-state index contributed by atoms with van der Waals surface area (Å²) in [6, 6.07) is 52.6. The van der Waals surface area contributed by atoms with E-state index in [1.165, 1.54) is 11.3 Å². The van der Waals surface area contributed by atoms with Gasteiger partial charge in [-0.25, -0.2) is 24.3 Å². The topological polar surface area (TPSA) is 91.1 Å². The van der Waals surface area contributed by atoms with Crippen LogP contribution in [-0.2, 0) is 0 Å². The molecule has 0 aliphatic rings. The van der Waals surface area contributed by atoms with Gasteiger partial charge in [0.25, 0.3) is 5.56 Å². The van der Waals surface area contributed by atoms with Crippen molar-refractivity contribution in [1.29, 1.82) is 0 Å². The molecule has 0 bridgehead atoms. The van der Waals surface area contributed by atoms with Gasteiger partial charge >= 0.3 is 0 Å². The van der Waals surface area contributed by atoms with Crippen LogP contribution in [0.25, 0.3) is 110 Å². The fourth-order valence-electron chi connectivity index (χ4n) is 8.16. The molecule has 0 radical (unpaired) electrons. The van der Waals surface area contributed by atoms with Gasteiger partial charge in [-0.2, -0.15) is 0 Å². The van der Waals surface area contributed by atoms with Crippen LogP contribution in [0.4, 0.5) is 0 Å². The second kappa shape index (κ2) is 11.8. The maximum absolute atomic E-state index is 14.5. The summed E-state index contributed by atoms with van der Waals surface area (Å²) in [5.41, 5.74) is 8.57. The summed E-state index contributed by atoms with van der Waals surface area (Å²) in [4.78, 5) is 35.1. The first-order valence-corrected chi connectivity index (χ1v) is 19.1. The molecule has 0 saturated carbocycles. The van der Waals surface area contributed by atoms with Gasteiger partial charge in [0, 0.05) is 48.6 Å². The highest BCUT2D eigenvalue weighted by molar-refractivity contribution is 7.23. The van der Waals surface area contributed by atoms with Gasteiger partial charge in [0.05, 0.1) is 27.5 Å². The smallest absolute Gasteiger partial charge is 0.266 e. The molecular formula is C47H26N6O2S. The van der Waals surface area contributed by atoms with E-state index in [0.717, 1.165) is 81.9 Å². The number of aromatic nitrogens is 6. The Labute approximate surface area is 321 Å². The molecule has 5 aromatic heterocycles. The van der Waals surface area contributed by atoms with Crippen molar-refractivity contribution in [3.05, 3.63) is 168 Å². The largest absolute Gasteiger partial charge is 0.456 e. The van der Waals surface area contributed by atoms with Gasteiger partial charge in [0.1, 0.15) is 11.2 Å². The van der Waals surface area contributed by atoms with Crippen molar-refractivity contribution >= 4 is 81.2 Å². The molecule has 0 fully saturated rings. The van der Waals surface area contributed by atoms with Gasteiger partial charge in [-0.05, 0) is 54.6 Å². The van der Waals surface area contributed by atoms with Gasteiger partial charge in [0.2, 0.25) is 0 Å². The standard InChI is InChI=1S/C47H26N6O2S/c54-46-42-39(56-47-48-33-18-8-10-20-35(33)53(46)47)25-23-36-41(42)30-16-7-9-19-34(30)52(36)29-22-24-37-32(26-29)40-31(17-11-21-38(40)55-37)45-50-43(27-12-3-1-4-13-27)49-44(51-45)28-14-5-2-6-15-28/h1-26H. The zero-order valence-corrected chi connectivity index (χ0v) is 30.2. The lowest BCUT2D eigenvalue weighted by atomic mass is 10.0. The Balaban J connectivity index is 1.12. The van der Waals surface area contributed by atoms with Crippen LogP contribution in [0.15, 0.2) is 167 Å². The van der Waals surface area contributed by atoms with Crippen LogP contribution >= 0.6 is 11.3 Å². The van der Waals surface area contributed by atoms with Crippen molar-refractivity contribution in [2.24, 2.45) is 0 Å². The molecule has 7 aromatic carbocycles. The van der Waals surface area contributed by atoms with E-state index in [9.17, 15) is 4.79 Å². The Morgan fingerprint density at radius 2 is 1.20 bits per heavy atom. The third-order valence-electron chi connectivity index (χ3n) is 10.6. The first-order chi connectivity index (χ1) is 27.7. The molecule has 12 aromatic rings. The second-order valence-electron chi connectivity index (χ2n) is 13.8. The predicted octanol–water partition coefficient (Wildman–Crippen LogP) is 11.2. The van der Waals surface area contributed by atoms with E-state index < -0.39 is 0 Å². The first kappa shape index (κ1) is 30.9. The van der Waals surface area contributed by atoms with Crippen molar-refractivity contribution < 1.29 is 4.42 Å². The normalized spacial score (nSPS) is 12.0. The van der Waals surface area contributed by atoms with Gasteiger partial charge in [0.15, 0.2) is 22.4 Å². The van der Waals surface area contributed by atoms with Crippen molar-refractivity contribution in [1.82, 2.24) is 28.9 Å². The molecule has 0 unspecified atom stereocenters. The molecule has 0 atom stereocenters. The zero-order valence-electron chi connectivity index (χ0n) is 29.4. The van der Waals surface area contributed by atoms with Crippen molar-refractivity contribution in [3.8, 4) is 39.9 Å². The Morgan fingerprint density at radius 3 is 1.98 bits per heavy atom. The molecule has 0 aliphatic heterocycles. The average Bonchev–Trinajstić information content (AvgIpc) is 3.93. The number of rotatable bonds is 4. The molecule has 8 nitrogen and oxygen atoms in total. The van der Waals surface area contributed by atoms with Crippen LogP contribution in [0.1, 0.15) is 0 Å². The lowest BCUT2D eigenvalue weighted by Crippen LogP contribution is -2.11. The second-order valence-corrected chi connectivity index (χ2v) is 14.8. The third-order valence-corrected chi connectivity index (χ3v) is 11.6. The summed E-state index contributed by atoms with van der Waals surface area (Å²) in [6.45, 7) is 0. The molecule has 9 heteroatoms. The molecule has 56 heavy (non-hydrogen) atoms. The van der Waals surface area contributed by atoms with Crippen LogP contribution in [0.3, 0.4) is 0 Å². The highest BCUT2D eigenvalue weighted by Gasteiger charge is 2.22. The maximum Gasteiger partial charge on any atom is 0.266 e. The van der Waals surface area contributed by atoms with E-state index in [0.29, 0.717) is 27.8 Å². The molecule has 0 aliphatic carbocycles. The Hall–Kier alpha value is -7.49. The molecule has 0 amide bonds. The van der Waals surface area contributed by atoms with Crippen LogP contribution in [-0.4, -0.2) is 28.9 Å². The van der Waals surface area contributed by atoms with Gasteiger partial charge in [-0.1, -0.05) is 114 Å². The average molecular weight is 739 g/mol. The fourth-order valence-corrected chi connectivity index (χ4v) is 9.21. The van der Waals surface area contributed by atoms with Crippen molar-refractivity contribution in [2.75, 3.05) is 0 Å². The minimum absolute atomic E-state index is 0.0704. The van der Waals surface area contributed by atoms with E-state index >= 15 is 0 Å². The fraction of sp³-hybridized carbons (Fsp3) is 0. The predicted molar refractivity (Wildman–Crippen MR) is 226 cm³/mol. The van der Waals surface area contributed by atoms with E-state index in [1.807, 2.05) is 121 Å². The SMILES string of the molecule is O=c1c2c(ccc3c2c2ccccc2n3-c2ccc3oc4cccc(-c5nc(-c6ccccc6)nc(-c6ccccc6)n5)c4c3c2)sc2nc3ccccc3n12. The van der Waals surface area contributed by atoms with Crippen LogP contribution < -0.4 is 5.56 Å². The summed E-state index contributed by atoms with van der Waals surface area (Å²) < 4.78 is 11.4. The number of benzene rings is 7. The van der Waals surface area contributed by atoms with Gasteiger partial charge in [-0.15, -0.1) is 0 Å². The minimum Gasteiger partial charge on any atom is -0.456 e. The minimum atomic E-state index is -0.0704. The quantitative estimate of drug-likeness (QED) is 0.179. The monoisotopic (exact) mass is 738 g/mol. The third kappa shape index (κ3) is 4.49. The number of imidazole rings is 1. The van der Waals surface area contributed by atoms with E-state index in [4.69, 9.17) is 24.4 Å². The number of hydrogen-bond donors (Lipinski definition) is 0. The van der Waals surface area contributed by atoms with Crippen LogP contribution in [0.5, 0.6) is 0 Å². The molecule has 0 saturated heterocycles. The highest BCUT2D eigenvalue weighted by atomic mass is 32.1. The lowest BCUT2D eigenvalue weighted by Gasteiger charge is -2.10. The van der Waals surface area contributed by atoms with E-state index in [2.05, 4.69) is 41.0 Å². The van der Waals surface area contributed by atoms with E-state index in [-0.39, 0.29) is 5.56 Å². The molecular weight excluding hydrogens is 713 g/mol. The van der Waals surface area contributed by atoms with E-state index in [1.54, 1.807) is 4.40 Å². The van der Waals surface area contributed by atoms with Crippen LogP contribution in [0.2, 0.25) is 0 Å². The Kier molecular flexibility index (Phi) is 6.49. The molecule has 12 rings (SSSR count). The summed E-state index contributed by atoms with van der Waals surface area (Å²) in [5.74, 6) is 1.75. The van der Waals surface area contributed by atoms with Crippen molar-refractivity contribution in [3.63, 3.8) is 0 Å². The number of nitrogens with zero attached hydrogens (tertiary/aromatic N) is 6. The summed E-state index contributed by atoms with van der Waals surface area (Å²) in [7, 11) is 0. The molecule has 0 spiro atoms. The number of fused-ring (bicyclic) bond motifs is 11. The maximum atomic E-state index is 14.5. The molecule has 5 heterocycles. The molecule has 0 N–H and O–H groups in total. The Bertz CT molecular complexity index is 3570. The summed E-state index contributed by atoms with van der Waals surface area (Å²) in [5, 5.41) is 4.46. The van der Waals surface area contributed by atoms with Crippen molar-refractivity contribution in [2.45, 2.75) is 0 Å². The highest BCUT2D eigenvalue weighted by Crippen LogP contribution is 2.41. The zero-order chi connectivity index (χ0) is 36.9. The van der Waals surface area contributed by atoms with Gasteiger partial charge < -0.3 is 8.98 Å². The Morgan fingerprint density at radius 1 is 0.500 bits per heavy atom. The van der Waals surface area contributed by atoms with Gasteiger partial charge in [-0.3, -0.25) is 4.79 Å². The summed E-state index contributed by atoms with van der Waals surface area (Å²) in [6.07, 6.45) is 0. The number of para-hydroxylation sites is 3. The number of hydrogen-bond acceptors (Lipinski definition) is 7. The first-order valence-electron chi connectivity index (χ1n) is 18.3. The lowest BCUT2D eigenvalue weighted by molar-refractivity contribution is 0.669.